The van der Waals surface area contributed by atoms with E-state index in [1.54, 1.807) is 42.5 Å². The molecule has 1 fully saturated rings. The quantitative estimate of drug-likeness (QED) is 0.501. The lowest BCUT2D eigenvalue weighted by Crippen LogP contribution is -2.45. The van der Waals surface area contributed by atoms with Gasteiger partial charge in [0, 0.05) is 0 Å². The molecule has 3 aromatic rings. The van der Waals surface area contributed by atoms with Crippen LogP contribution < -0.4 is 10.2 Å². The number of carbonyl (C=O) groups is 3. The number of amides is 3. The molecule has 0 saturated carbocycles. The van der Waals surface area contributed by atoms with Crippen LogP contribution in [0.1, 0.15) is 21.5 Å². The molecule has 0 aromatic heterocycles. The molecule has 0 unspecified atom stereocenters. The first-order chi connectivity index (χ1) is 15.5. The summed E-state index contributed by atoms with van der Waals surface area (Å²) >= 11 is 6.76. The number of benzene rings is 3. The van der Waals surface area contributed by atoms with Crippen LogP contribution in [0.4, 0.5) is 4.79 Å². The zero-order valence-electron chi connectivity index (χ0n) is 16.7. The minimum atomic E-state index is -0.643. The molecular weight excluding hydrogens is 448 g/mol. The molecule has 1 heterocycles. The SMILES string of the molecule is O=C(NN1C(=O)S/C(=C\c2cccc(OCc3ccccc3)c2)C1=O)c1ccccc1Cl. The lowest BCUT2D eigenvalue weighted by atomic mass is 10.2. The fourth-order valence-electron chi connectivity index (χ4n) is 2.96. The van der Waals surface area contributed by atoms with Gasteiger partial charge in [0.05, 0.1) is 15.5 Å². The Hall–Kier alpha value is -3.55. The molecule has 160 valence electrons. The van der Waals surface area contributed by atoms with Crippen molar-refractivity contribution in [2.75, 3.05) is 0 Å². The number of imide groups is 1. The Morgan fingerprint density at radius 1 is 1.00 bits per heavy atom. The van der Waals surface area contributed by atoms with Gasteiger partial charge in [-0.05, 0) is 53.2 Å². The maximum atomic E-state index is 12.7. The molecule has 0 spiro atoms. The van der Waals surface area contributed by atoms with Crippen molar-refractivity contribution >= 4 is 46.5 Å². The van der Waals surface area contributed by atoms with E-state index in [0.29, 0.717) is 22.9 Å². The molecule has 1 saturated heterocycles. The standard InChI is InChI=1S/C24H17ClN2O4S/c25-20-12-5-4-11-19(20)22(28)26-27-23(29)21(32-24(27)30)14-17-9-6-10-18(13-17)31-15-16-7-2-1-3-8-16/h1-14H,15H2,(H,26,28)/b21-14-. The average Bonchev–Trinajstić information content (AvgIpc) is 3.06. The summed E-state index contributed by atoms with van der Waals surface area (Å²) in [5.74, 6) is -0.625. The van der Waals surface area contributed by atoms with Gasteiger partial charge in [-0.2, -0.15) is 5.01 Å². The van der Waals surface area contributed by atoms with Gasteiger partial charge in [0.15, 0.2) is 0 Å². The van der Waals surface area contributed by atoms with Crippen molar-refractivity contribution in [2.45, 2.75) is 6.61 Å². The van der Waals surface area contributed by atoms with Crippen molar-refractivity contribution in [1.82, 2.24) is 10.4 Å². The van der Waals surface area contributed by atoms with Gasteiger partial charge in [0.25, 0.3) is 11.8 Å². The van der Waals surface area contributed by atoms with Crippen molar-refractivity contribution in [2.24, 2.45) is 0 Å². The fourth-order valence-corrected chi connectivity index (χ4v) is 3.96. The van der Waals surface area contributed by atoms with Crippen LogP contribution in [-0.2, 0) is 11.4 Å². The number of ether oxygens (including phenoxy) is 1. The number of nitrogens with zero attached hydrogens (tertiary/aromatic N) is 1. The molecule has 0 atom stereocenters. The predicted molar refractivity (Wildman–Crippen MR) is 124 cm³/mol. The highest BCUT2D eigenvalue weighted by molar-refractivity contribution is 8.18. The number of rotatable bonds is 6. The van der Waals surface area contributed by atoms with E-state index in [-0.39, 0.29) is 15.5 Å². The molecule has 32 heavy (non-hydrogen) atoms. The average molecular weight is 465 g/mol. The highest BCUT2D eigenvalue weighted by atomic mass is 35.5. The summed E-state index contributed by atoms with van der Waals surface area (Å²) in [6.45, 7) is 0.412. The Balaban J connectivity index is 1.45. The van der Waals surface area contributed by atoms with Crippen LogP contribution in [-0.4, -0.2) is 22.1 Å². The summed E-state index contributed by atoms with van der Waals surface area (Å²) in [4.78, 5) is 37.6. The second-order valence-corrected chi connectivity index (χ2v) is 8.19. The van der Waals surface area contributed by atoms with Crippen molar-refractivity contribution < 1.29 is 19.1 Å². The summed E-state index contributed by atoms with van der Waals surface area (Å²) < 4.78 is 5.81. The second kappa shape index (κ2) is 9.72. The van der Waals surface area contributed by atoms with Crippen LogP contribution in [0.5, 0.6) is 5.75 Å². The van der Waals surface area contributed by atoms with E-state index in [1.807, 2.05) is 36.4 Å². The normalized spacial score (nSPS) is 14.7. The Morgan fingerprint density at radius 2 is 1.75 bits per heavy atom. The number of halogens is 1. The first-order valence-corrected chi connectivity index (χ1v) is 10.8. The number of nitrogens with one attached hydrogen (secondary N) is 1. The molecule has 4 rings (SSSR count). The van der Waals surface area contributed by atoms with Crippen molar-refractivity contribution in [3.05, 3.63) is 105 Å². The molecule has 1 N–H and O–H groups in total. The predicted octanol–water partition coefficient (Wildman–Crippen LogP) is 5.30. The Labute approximate surface area is 193 Å². The van der Waals surface area contributed by atoms with Gasteiger partial charge >= 0.3 is 5.24 Å². The third-order valence-corrected chi connectivity index (χ3v) is 5.73. The topological polar surface area (TPSA) is 75.7 Å². The lowest BCUT2D eigenvalue weighted by Gasteiger charge is -2.14. The largest absolute Gasteiger partial charge is 0.489 e. The van der Waals surface area contributed by atoms with E-state index in [1.165, 1.54) is 6.07 Å². The van der Waals surface area contributed by atoms with Gasteiger partial charge in [0.1, 0.15) is 12.4 Å². The maximum absolute atomic E-state index is 12.7. The first-order valence-electron chi connectivity index (χ1n) is 9.61. The van der Waals surface area contributed by atoms with Crippen molar-refractivity contribution in [1.29, 1.82) is 0 Å². The minimum Gasteiger partial charge on any atom is -0.489 e. The number of thioether (sulfide) groups is 1. The van der Waals surface area contributed by atoms with Gasteiger partial charge < -0.3 is 4.74 Å². The minimum absolute atomic E-state index is 0.167. The van der Waals surface area contributed by atoms with Crippen LogP contribution in [0.25, 0.3) is 6.08 Å². The summed E-state index contributed by atoms with van der Waals surface area (Å²) in [5, 5.41) is 0.315. The molecule has 1 aliphatic heterocycles. The number of hydrogen-bond acceptors (Lipinski definition) is 5. The Bertz CT molecular complexity index is 1210. The van der Waals surface area contributed by atoms with Crippen LogP contribution in [0.15, 0.2) is 83.8 Å². The van der Waals surface area contributed by atoms with Crippen LogP contribution in [0.2, 0.25) is 5.02 Å². The summed E-state index contributed by atoms with van der Waals surface area (Å²) in [6.07, 6.45) is 1.59. The molecule has 0 aliphatic carbocycles. The zero-order chi connectivity index (χ0) is 22.5. The molecule has 6 nitrogen and oxygen atoms in total. The number of hydrazine groups is 1. The molecular formula is C24H17ClN2O4S. The molecule has 1 aliphatic rings. The van der Waals surface area contributed by atoms with E-state index in [2.05, 4.69) is 5.43 Å². The summed E-state index contributed by atoms with van der Waals surface area (Å²) in [7, 11) is 0. The zero-order valence-corrected chi connectivity index (χ0v) is 18.2. The first kappa shape index (κ1) is 21.7. The van der Waals surface area contributed by atoms with E-state index in [9.17, 15) is 14.4 Å². The smallest absolute Gasteiger partial charge is 0.312 e. The van der Waals surface area contributed by atoms with E-state index < -0.39 is 17.1 Å². The molecule has 0 radical (unpaired) electrons. The lowest BCUT2D eigenvalue weighted by molar-refractivity contribution is -0.124. The highest BCUT2D eigenvalue weighted by Crippen LogP contribution is 2.32. The van der Waals surface area contributed by atoms with Gasteiger partial charge in [0.2, 0.25) is 0 Å². The van der Waals surface area contributed by atoms with Crippen LogP contribution in [0, 0.1) is 0 Å². The van der Waals surface area contributed by atoms with E-state index in [0.717, 1.165) is 17.3 Å². The third-order valence-electron chi connectivity index (χ3n) is 4.53. The molecule has 8 heteroatoms. The second-order valence-electron chi connectivity index (χ2n) is 6.78. The highest BCUT2D eigenvalue weighted by Gasteiger charge is 2.37. The van der Waals surface area contributed by atoms with E-state index >= 15 is 0 Å². The summed E-state index contributed by atoms with van der Waals surface area (Å²) in [5.41, 5.74) is 4.22. The molecule has 0 bridgehead atoms. The number of carbonyl (C=O) groups excluding carboxylic acids is 3. The van der Waals surface area contributed by atoms with Crippen molar-refractivity contribution in [3.63, 3.8) is 0 Å². The third kappa shape index (κ3) is 5.01. The Kier molecular flexibility index (Phi) is 6.58. The van der Waals surface area contributed by atoms with Crippen molar-refractivity contribution in [3.8, 4) is 5.75 Å². The number of hydrogen-bond donors (Lipinski definition) is 1. The van der Waals surface area contributed by atoms with Gasteiger partial charge in [-0.3, -0.25) is 19.8 Å². The van der Waals surface area contributed by atoms with Crippen LogP contribution in [0.3, 0.4) is 0 Å². The summed E-state index contributed by atoms with van der Waals surface area (Å²) in [6, 6.07) is 23.3. The van der Waals surface area contributed by atoms with Gasteiger partial charge in [-0.1, -0.05) is 66.2 Å². The fraction of sp³-hybridized carbons (Fsp3) is 0.0417. The maximum Gasteiger partial charge on any atom is 0.312 e. The Morgan fingerprint density at radius 3 is 2.53 bits per heavy atom. The van der Waals surface area contributed by atoms with Gasteiger partial charge in [-0.15, -0.1) is 0 Å². The van der Waals surface area contributed by atoms with E-state index in [4.69, 9.17) is 16.3 Å². The monoisotopic (exact) mass is 464 g/mol. The molecule has 3 amide bonds. The molecule has 3 aromatic carbocycles. The van der Waals surface area contributed by atoms with Gasteiger partial charge in [-0.25, -0.2) is 0 Å². The van der Waals surface area contributed by atoms with Crippen LogP contribution >= 0.6 is 23.4 Å².